The van der Waals surface area contributed by atoms with Crippen LogP contribution in [0.25, 0.3) is 0 Å². The molecule has 0 rings (SSSR count). The molecule has 43 heavy (non-hydrogen) atoms. The molecule has 0 amide bonds. The van der Waals surface area contributed by atoms with E-state index in [-0.39, 0.29) is 235 Å². The summed E-state index contributed by atoms with van der Waals surface area (Å²) >= 11 is 0. The van der Waals surface area contributed by atoms with E-state index in [2.05, 4.69) is 20.1 Å². The summed E-state index contributed by atoms with van der Waals surface area (Å²) in [7, 11) is 0. The van der Waals surface area contributed by atoms with Crippen molar-refractivity contribution in [3.63, 3.8) is 0 Å². The van der Waals surface area contributed by atoms with E-state index in [1.165, 1.54) is 20.3 Å². The van der Waals surface area contributed by atoms with Crippen LogP contribution in [0.4, 0.5) is 0 Å². The Hall–Kier alpha value is 6.93. The van der Waals surface area contributed by atoms with Crippen molar-refractivity contribution >= 4 is 0 Å². The van der Waals surface area contributed by atoms with Gasteiger partial charge in [0, 0.05) is 229 Å². The smallest absolute Gasteiger partial charge is 0 e. The summed E-state index contributed by atoms with van der Waals surface area (Å²) in [6.07, 6.45) is 1.14. The maximum absolute atomic E-state index is 9.89. The molecule has 4 N–H and O–H groups in total. The van der Waals surface area contributed by atoms with E-state index >= 15 is 0 Å². The first-order valence-corrected chi connectivity index (χ1v) is 11.8. The summed E-state index contributed by atoms with van der Waals surface area (Å²) in [6, 6.07) is 4.40. The summed E-state index contributed by atoms with van der Waals surface area (Å²) in [4.78, 5) is 0. The molecule has 0 spiro atoms. The van der Waals surface area contributed by atoms with Crippen molar-refractivity contribution in [2.24, 2.45) is 0 Å². The fourth-order valence-corrected chi connectivity index (χ4v) is 2.26. The van der Waals surface area contributed by atoms with E-state index in [1.54, 1.807) is 12.3 Å². The molecule has 241 valence electrons. The average Bonchev–Trinajstić information content (AvgIpc) is 2.76. The van der Waals surface area contributed by atoms with Crippen LogP contribution in [0, 0.1) is 56.8 Å². The van der Waals surface area contributed by atoms with E-state index in [9.17, 15) is 10.4 Å². The van der Waals surface area contributed by atoms with Crippen LogP contribution in [0.1, 0.15) is 110 Å². The third-order valence-electron chi connectivity index (χ3n) is 4.69. The predicted molar refractivity (Wildman–Crippen MR) is 147 cm³/mol. The van der Waals surface area contributed by atoms with Crippen molar-refractivity contribution in [2.45, 2.75) is 121 Å². The molecule has 0 aromatic carbocycles. The van der Waals surface area contributed by atoms with Gasteiger partial charge >= 0.3 is 0 Å². The second-order valence-electron chi connectivity index (χ2n) is 10.4. The molecule has 0 aliphatic rings. The fourth-order valence-electron chi connectivity index (χ4n) is 2.26. The molecule has 0 heterocycles. The van der Waals surface area contributed by atoms with Crippen molar-refractivity contribution in [3.05, 3.63) is 62.6 Å². The Labute approximate surface area is 444 Å². The minimum Gasteiger partial charge on any atom is -0.567 e. The van der Waals surface area contributed by atoms with E-state index in [4.69, 9.17) is 10.4 Å². The molecule has 0 saturated carbocycles. The zero-order valence-electron chi connectivity index (χ0n) is 29.5. The van der Waals surface area contributed by atoms with E-state index < -0.39 is 5.54 Å². The van der Waals surface area contributed by atoms with Crippen LogP contribution < -0.4 is 0 Å². The summed E-state index contributed by atoms with van der Waals surface area (Å²) in [6.45, 7) is 40.4. The third-order valence-corrected chi connectivity index (χ3v) is 4.69. The Morgan fingerprint density at radius 2 is 0.814 bits per heavy atom. The van der Waals surface area contributed by atoms with Crippen LogP contribution in [0.5, 0.6) is 0 Å². The van der Waals surface area contributed by atoms with Crippen LogP contribution in [0.3, 0.4) is 0 Å². The summed E-state index contributed by atoms with van der Waals surface area (Å²) < 4.78 is 0. The zero-order chi connectivity index (χ0) is 30.0. The molecular formula is C28H55N4O4Y7-9. The van der Waals surface area contributed by atoms with Gasteiger partial charge in [-0.15, -0.1) is 6.42 Å². The minimum atomic E-state index is -0.447. The molecule has 0 saturated heterocycles. The molecule has 0 aliphatic heterocycles. The Kier molecular flexibility index (Phi) is 82.7. The van der Waals surface area contributed by atoms with Gasteiger partial charge in [0.05, 0.1) is 0 Å². The second-order valence-corrected chi connectivity index (χ2v) is 10.4. The van der Waals surface area contributed by atoms with Gasteiger partial charge in [-0.3, -0.25) is 24.2 Å². The van der Waals surface area contributed by atoms with Gasteiger partial charge in [0.1, 0.15) is 0 Å². The first-order valence-electron chi connectivity index (χ1n) is 11.8. The minimum absolute atomic E-state index is 0. The topological polar surface area (TPSA) is 93.9 Å². The van der Waals surface area contributed by atoms with Gasteiger partial charge in [0.15, 0.2) is 0 Å². The van der Waals surface area contributed by atoms with E-state index in [0.29, 0.717) is 12.8 Å². The van der Waals surface area contributed by atoms with Crippen LogP contribution in [0.15, 0.2) is 5.73 Å². The molecule has 0 unspecified atom stereocenters. The number of hydrogen-bond donors (Lipinski definition) is 4. The second kappa shape index (κ2) is 45.1. The van der Waals surface area contributed by atoms with E-state index in [1.807, 2.05) is 96.9 Å². The molecule has 0 aromatic heterocycles. The van der Waals surface area contributed by atoms with Crippen molar-refractivity contribution in [2.75, 3.05) is 0 Å². The predicted octanol–water partition coefficient (Wildman–Crippen LogP) is 7.46. The van der Waals surface area contributed by atoms with Gasteiger partial charge in [-0.1, -0.05) is 0 Å². The zero-order valence-corrected chi connectivity index (χ0v) is 49.3. The van der Waals surface area contributed by atoms with Crippen LogP contribution >= 0.6 is 0 Å². The summed E-state index contributed by atoms with van der Waals surface area (Å²) in [5.74, 6) is 0. The number of hydroxylamine groups is 8. The molecule has 0 aromatic rings. The van der Waals surface area contributed by atoms with Crippen molar-refractivity contribution in [1.29, 1.82) is 0 Å². The number of nitrogens with zero attached hydrogens (tertiary/aromatic N) is 4. The summed E-state index contributed by atoms with van der Waals surface area (Å²) in [5.41, 5.74) is 0.915. The van der Waals surface area contributed by atoms with Gasteiger partial charge in [-0.25, -0.2) is 12.6 Å². The van der Waals surface area contributed by atoms with Gasteiger partial charge in [0.25, 0.3) is 0 Å². The van der Waals surface area contributed by atoms with Crippen LogP contribution in [0.2, 0.25) is 0 Å². The van der Waals surface area contributed by atoms with Crippen LogP contribution in [-0.4, -0.2) is 52.2 Å². The largest absolute Gasteiger partial charge is 0.567 e. The van der Waals surface area contributed by atoms with Gasteiger partial charge in [-0.2, -0.15) is 75.7 Å². The van der Waals surface area contributed by atoms with Gasteiger partial charge < -0.3 is 66.9 Å². The monoisotopic (exact) mass is 1130 g/mol. The summed E-state index contributed by atoms with van der Waals surface area (Å²) in [5, 5.41) is 42.5. The van der Waals surface area contributed by atoms with Crippen molar-refractivity contribution < 1.29 is 250 Å². The Morgan fingerprint density at radius 1 is 0.581 bits per heavy atom. The van der Waals surface area contributed by atoms with Gasteiger partial charge in [0.2, 0.25) is 0 Å². The maximum Gasteiger partial charge on any atom is 0 e. The number of hydrogen-bond acceptors (Lipinski definition) is 8. The van der Waals surface area contributed by atoms with Crippen LogP contribution in [-0.2, 0) is 229 Å². The molecule has 0 fully saturated rings. The van der Waals surface area contributed by atoms with Crippen molar-refractivity contribution in [1.82, 2.24) is 20.3 Å². The normalized spacial score (nSPS) is 10.2. The van der Waals surface area contributed by atoms with Crippen molar-refractivity contribution in [3.8, 4) is 0 Å². The molecule has 8 nitrogen and oxygen atoms in total. The van der Waals surface area contributed by atoms with Gasteiger partial charge in [-0.05, 0) is 38.8 Å². The molecular weight excluding hydrogens is 1080 g/mol. The average molecular weight is 1130 g/mol. The first-order chi connectivity index (χ1) is 16.1. The Morgan fingerprint density at radius 3 is 0.953 bits per heavy atom. The Bertz CT molecular complexity index is 537. The quantitative estimate of drug-likeness (QED) is 0.0964. The molecule has 0 atom stereocenters. The maximum atomic E-state index is 9.89. The standard InChI is InChI=1S/C13H27N2O2.2C6H13NO.C3H2.7Y/c1-8-12(4,5)14(16)10-9-13(6,7)15(17)11(2)3;2*1-5(2)7(8)6(3)4;1-3-2;;;;;;;/h10,16-17H,1,8-9H2,2-7H3;2*8H,1-4H3;1-2H;;;;;;;/q-3;3*-2;;;;;;;. The SMILES string of the molecule is C[C-](C)N(O)[C-](C)C.C[C-](C)N(O)[C-](C)C.[CH-]=C=[CH-].[CH2-]CC(C)(C)N(O)[CH-]CC(C)(C)N(O)[C-](C)C.[Y].[Y].[Y].[Y].[Y].[Y].[Y]. The number of rotatable bonds is 11. The molecule has 0 bridgehead atoms. The van der Waals surface area contributed by atoms with E-state index in [0.717, 1.165) is 30.2 Å². The molecule has 15 heteroatoms. The third kappa shape index (κ3) is 46.9. The molecule has 7 radical (unpaired) electrons. The Balaban J connectivity index is -0.0000000379. The molecule has 0 aliphatic carbocycles. The fraction of sp³-hybridized carbons (Fsp3) is 0.643. The first kappa shape index (κ1) is 78.9.